The monoisotopic (exact) mass is 422 g/mol. The summed E-state index contributed by atoms with van der Waals surface area (Å²) in [6.45, 7) is 1.98. The summed E-state index contributed by atoms with van der Waals surface area (Å²) in [5.41, 5.74) is 12.5. The van der Waals surface area contributed by atoms with Gasteiger partial charge in [0.2, 0.25) is 0 Å². The number of hydrogen-bond acceptors (Lipinski definition) is 9. The number of nitrogens with one attached hydrogen (secondary N) is 1. The Labute approximate surface area is 175 Å². The van der Waals surface area contributed by atoms with Gasteiger partial charge in [0.1, 0.15) is 17.5 Å². The van der Waals surface area contributed by atoms with Crippen molar-refractivity contribution in [2.24, 2.45) is 7.05 Å². The Morgan fingerprint density at radius 2 is 2.17 bits per heavy atom. The fraction of sp³-hybridized carbons (Fsp3) is 0.211. The van der Waals surface area contributed by atoms with Crippen LogP contribution < -0.4 is 11.1 Å². The number of nitrogens with two attached hydrogens (primary N) is 1. The van der Waals surface area contributed by atoms with Crippen molar-refractivity contribution in [1.29, 1.82) is 5.26 Å². The Bertz CT molecular complexity index is 1220. The van der Waals surface area contributed by atoms with Crippen LogP contribution in [-0.2, 0) is 7.05 Å². The van der Waals surface area contributed by atoms with Gasteiger partial charge in [-0.3, -0.25) is 0 Å². The first-order valence-corrected chi connectivity index (χ1v) is 10.9. The molecule has 1 atom stereocenters. The molecule has 10 heteroatoms. The number of pyridine rings is 1. The van der Waals surface area contributed by atoms with Crippen molar-refractivity contribution in [3.8, 4) is 17.3 Å². The van der Waals surface area contributed by atoms with E-state index < -0.39 is 0 Å². The third kappa shape index (κ3) is 3.50. The minimum Gasteiger partial charge on any atom is -0.382 e. The number of anilines is 2. The molecule has 0 bridgehead atoms. The van der Waals surface area contributed by atoms with Crippen LogP contribution in [0.1, 0.15) is 24.2 Å². The molecular formula is C19H18N8S2. The van der Waals surface area contributed by atoms with Gasteiger partial charge in [0.15, 0.2) is 11.0 Å². The molecule has 0 radical (unpaired) electrons. The fourth-order valence-electron chi connectivity index (χ4n) is 3.12. The Balaban J connectivity index is 1.82. The van der Waals surface area contributed by atoms with Crippen LogP contribution in [-0.4, -0.2) is 30.8 Å². The molecule has 4 rings (SSSR count). The van der Waals surface area contributed by atoms with Crippen molar-refractivity contribution in [3.63, 3.8) is 0 Å². The molecule has 0 aliphatic carbocycles. The highest BCUT2D eigenvalue weighted by Crippen LogP contribution is 2.33. The minimum absolute atomic E-state index is 0.160. The molecule has 4 aromatic heterocycles. The number of thioether (sulfide) groups is 1. The molecule has 4 heterocycles. The first kappa shape index (κ1) is 19.2. The number of thiazole rings is 1. The van der Waals surface area contributed by atoms with E-state index in [4.69, 9.17) is 10.7 Å². The Hall–Kier alpha value is -3.16. The second-order valence-electron chi connectivity index (χ2n) is 6.42. The van der Waals surface area contributed by atoms with E-state index in [1.165, 1.54) is 23.1 Å². The first-order valence-electron chi connectivity index (χ1n) is 8.74. The van der Waals surface area contributed by atoms with Crippen LogP contribution in [0.5, 0.6) is 0 Å². The van der Waals surface area contributed by atoms with Crippen molar-refractivity contribution in [2.75, 3.05) is 17.3 Å². The molecule has 4 aromatic rings. The molecule has 0 unspecified atom stereocenters. The van der Waals surface area contributed by atoms with Crippen molar-refractivity contribution in [2.45, 2.75) is 18.1 Å². The molecule has 0 saturated heterocycles. The highest BCUT2D eigenvalue weighted by Gasteiger charge is 2.20. The molecular weight excluding hydrogens is 404 g/mol. The van der Waals surface area contributed by atoms with Gasteiger partial charge in [-0.05, 0) is 25.3 Å². The van der Waals surface area contributed by atoms with Crippen LogP contribution in [0.3, 0.4) is 0 Å². The molecule has 146 valence electrons. The molecule has 0 amide bonds. The van der Waals surface area contributed by atoms with Crippen LogP contribution in [0.25, 0.3) is 22.3 Å². The van der Waals surface area contributed by atoms with Gasteiger partial charge in [-0.25, -0.2) is 19.9 Å². The van der Waals surface area contributed by atoms with Crippen molar-refractivity contribution >= 4 is 45.8 Å². The molecule has 29 heavy (non-hydrogen) atoms. The molecule has 8 nitrogen and oxygen atoms in total. The number of aryl methyl sites for hydroxylation is 1. The summed E-state index contributed by atoms with van der Waals surface area (Å²) < 4.78 is 2.03. The van der Waals surface area contributed by atoms with E-state index >= 15 is 0 Å². The lowest BCUT2D eigenvalue weighted by molar-refractivity contribution is 0.827. The van der Waals surface area contributed by atoms with E-state index in [1.54, 1.807) is 5.51 Å². The smallest absolute Gasteiger partial charge is 0.191 e. The number of aromatic nitrogens is 5. The number of nitrogen functional groups attached to an aromatic ring is 1. The second kappa shape index (κ2) is 7.69. The summed E-state index contributed by atoms with van der Waals surface area (Å²) in [5, 5.41) is 15.3. The largest absolute Gasteiger partial charge is 0.382 e. The van der Waals surface area contributed by atoms with Crippen molar-refractivity contribution in [3.05, 3.63) is 40.5 Å². The molecule has 0 saturated carbocycles. The molecule has 0 aromatic carbocycles. The van der Waals surface area contributed by atoms with E-state index in [9.17, 15) is 5.26 Å². The van der Waals surface area contributed by atoms with Crippen LogP contribution in [0, 0.1) is 11.3 Å². The maximum Gasteiger partial charge on any atom is 0.191 e. The zero-order valence-corrected chi connectivity index (χ0v) is 17.7. The first-order chi connectivity index (χ1) is 14.0. The lowest BCUT2D eigenvalue weighted by atomic mass is 10.0. The predicted molar refractivity (Wildman–Crippen MR) is 117 cm³/mol. The molecule has 0 spiro atoms. The van der Waals surface area contributed by atoms with E-state index in [-0.39, 0.29) is 17.4 Å². The number of hydrogen-bond donors (Lipinski definition) is 2. The van der Waals surface area contributed by atoms with E-state index in [0.29, 0.717) is 11.0 Å². The Morgan fingerprint density at radius 1 is 1.34 bits per heavy atom. The van der Waals surface area contributed by atoms with Crippen LogP contribution in [0.4, 0.5) is 11.6 Å². The number of rotatable bonds is 5. The van der Waals surface area contributed by atoms with E-state index in [2.05, 4.69) is 32.4 Å². The van der Waals surface area contributed by atoms with Gasteiger partial charge in [-0.15, -0.1) is 11.3 Å². The summed E-state index contributed by atoms with van der Waals surface area (Å²) in [7, 11) is 1.99. The number of fused-ring (bicyclic) bond motifs is 1. The van der Waals surface area contributed by atoms with Crippen molar-refractivity contribution < 1.29 is 0 Å². The Morgan fingerprint density at radius 3 is 2.86 bits per heavy atom. The van der Waals surface area contributed by atoms with Crippen LogP contribution in [0.15, 0.2) is 34.4 Å². The summed E-state index contributed by atoms with van der Waals surface area (Å²) in [5.74, 6) is 0.559. The summed E-state index contributed by atoms with van der Waals surface area (Å²) >= 11 is 2.90. The van der Waals surface area contributed by atoms with Gasteiger partial charge in [-0.2, -0.15) is 5.26 Å². The SMILES string of the molecule is CSc1nc(N)c(C#N)c(N[C@@H](C)c2nc3ccn(C)c3cc2-c2cscn2)n1. The number of nitrogens with zero attached hydrogens (tertiary/aromatic N) is 6. The molecule has 0 aliphatic rings. The normalized spacial score (nSPS) is 12.1. The lowest BCUT2D eigenvalue weighted by Gasteiger charge is -2.19. The van der Waals surface area contributed by atoms with Gasteiger partial charge in [0.05, 0.1) is 34.0 Å². The molecule has 3 N–H and O–H groups in total. The zero-order chi connectivity index (χ0) is 20.5. The van der Waals surface area contributed by atoms with Gasteiger partial charge in [0, 0.05) is 24.2 Å². The Kier molecular flexibility index (Phi) is 5.08. The third-order valence-corrected chi connectivity index (χ3v) is 5.71. The topological polar surface area (TPSA) is 118 Å². The maximum absolute atomic E-state index is 9.51. The quantitative estimate of drug-likeness (QED) is 0.368. The average Bonchev–Trinajstić information content (AvgIpc) is 3.37. The fourth-order valence-corrected chi connectivity index (χ4v) is 4.04. The van der Waals surface area contributed by atoms with Gasteiger partial charge < -0.3 is 15.6 Å². The van der Waals surface area contributed by atoms with Crippen LogP contribution in [0.2, 0.25) is 0 Å². The van der Waals surface area contributed by atoms with E-state index in [1.807, 2.05) is 42.4 Å². The van der Waals surface area contributed by atoms with Crippen LogP contribution >= 0.6 is 23.1 Å². The van der Waals surface area contributed by atoms with Crippen molar-refractivity contribution in [1.82, 2.24) is 24.5 Å². The van der Waals surface area contributed by atoms with Gasteiger partial charge in [-0.1, -0.05) is 11.8 Å². The maximum atomic E-state index is 9.51. The van der Waals surface area contributed by atoms with Gasteiger partial charge in [0.25, 0.3) is 0 Å². The summed E-state index contributed by atoms with van der Waals surface area (Å²) in [6.07, 6.45) is 3.84. The molecule has 0 fully saturated rings. The lowest BCUT2D eigenvalue weighted by Crippen LogP contribution is -2.14. The summed E-state index contributed by atoms with van der Waals surface area (Å²) in [4.78, 5) is 17.9. The highest BCUT2D eigenvalue weighted by molar-refractivity contribution is 7.98. The summed E-state index contributed by atoms with van der Waals surface area (Å²) in [6, 6.07) is 5.92. The van der Waals surface area contributed by atoms with E-state index in [0.717, 1.165) is 28.0 Å². The standard InChI is InChI=1S/C19H18N8S2/c1-10(23-18-12(7-20)17(21)25-19(26-18)28-3)16-11(14-8-29-9-22-14)6-15-13(24-16)4-5-27(15)2/h4-6,8-10H,1-3H3,(H3,21,23,25,26)/t10-/m0/s1. The number of nitriles is 1. The molecule has 0 aliphatic heterocycles. The second-order valence-corrected chi connectivity index (χ2v) is 7.91. The predicted octanol–water partition coefficient (Wildman–Crippen LogP) is 3.84. The minimum atomic E-state index is -0.243. The zero-order valence-electron chi connectivity index (χ0n) is 16.0. The van der Waals surface area contributed by atoms with Gasteiger partial charge >= 0.3 is 0 Å². The third-order valence-electron chi connectivity index (χ3n) is 4.58. The average molecular weight is 423 g/mol. The highest BCUT2D eigenvalue weighted by atomic mass is 32.2.